The Balaban J connectivity index is 3.23. The number of rotatable bonds is 3. The molecule has 0 heterocycles. The molecule has 1 aliphatic rings. The van der Waals surface area contributed by atoms with Gasteiger partial charge in [-0.15, -0.1) is 0 Å². The molecular weight excluding hydrogens is 298 g/mol. The molecule has 8 heteroatoms. The first-order chi connectivity index (χ1) is 9.32. The molecule has 7 nitrogen and oxygen atoms in total. The van der Waals surface area contributed by atoms with Crippen molar-refractivity contribution in [3.05, 3.63) is 0 Å². The van der Waals surface area contributed by atoms with Crippen LogP contribution in [-0.4, -0.2) is 60.2 Å². The lowest BCUT2D eigenvalue weighted by Crippen LogP contribution is -2.62. The zero-order valence-electron chi connectivity index (χ0n) is 13.0. The van der Waals surface area contributed by atoms with E-state index in [1.807, 2.05) is 0 Å². The Hall–Kier alpha value is -1.31. The lowest BCUT2D eigenvalue weighted by Gasteiger charge is -2.39. The minimum absolute atomic E-state index is 0.0931. The van der Waals surface area contributed by atoms with Gasteiger partial charge in [-0.2, -0.15) is 0 Å². The summed E-state index contributed by atoms with van der Waals surface area (Å²) in [6, 6.07) is 0. The molecule has 0 saturated heterocycles. The lowest BCUT2D eigenvalue weighted by atomic mass is 9.95. The van der Waals surface area contributed by atoms with Gasteiger partial charge in [0.15, 0.2) is 15.4 Å². The second kappa shape index (κ2) is 5.47. The summed E-state index contributed by atoms with van der Waals surface area (Å²) >= 11 is 0. The highest BCUT2D eigenvalue weighted by Crippen LogP contribution is 2.39. The number of sulfone groups is 1. The smallest absolute Gasteiger partial charge is 0.411 e. The third-order valence-corrected chi connectivity index (χ3v) is 5.37. The van der Waals surface area contributed by atoms with E-state index in [0.29, 0.717) is 6.42 Å². The second-order valence-corrected chi connectivity index (χ2v) is 8.71. The van der Waals surface area contributed by atoms with Gasteiger partial charge in [-0.3, -0.25) is 4.90 Å². The van der Waals surface area contributed by atoms with Crippen molar-refractivity contribution < 1.29 is 27.9 Å². The van der Waals surface area contributed by atoms with Crippen molar-refractivity contribution in [3.63, 3.8) is 0 Å². The van der Waals surface area contributed by atoms with Gasteiger partial charge in [-0.25, -0.2) is 18.0 Å². The van der Waals surface area contributed by atoms with Crippen LogP contribution in [0.1, 0.15) is 40.0 Å². The number of carbonyl (C=O) groups excluding carboxylic acids is 1. The van der Waals surface area contributed by atoms with Crippen molar-refractivity contribution in [1.29, 1.82) is 0 Å². The molecule has 0 spiro atoms. The van der Waals surface area contributed by atoms with Crippen molar-refractivity contribution in [3.8, 4) is 0 Å². The van der Waals surface area contributed by atoms with E-state index in [1.165, 1.54) is 7.05 Å². The molecule has 21 heavy (non-hydrogen) atoms. The SMILES string of the molecule is CN(C(=O)OC(C)(C)C)C1(C(=O)O)CCCC1S(C)(=O)=O. The summed E-state index contributed by atoms with van der Waals surface area (Å²) in [5.74, 6) is -1.32. The predicted octanol–water partition coefficient (Wildman–Crippen LogP) is 1.27. The molecule has 1 amide bonds. The van der Waals surface area contributed by atoms with Crippen LogP contribution in [0.15, 0.2) is 0 Å². The Morgan fingerprint density at radius 2 is 1.86 bits per heavy atom. The highest BCUT2D eigenvalue weighted by atomic mass is 32.2. The maximum atomic E-state index is 12.2. The van der Waals surface area contributed by atoms with Gasteiger partial charge in [0, 0.05) is 13.3 Å². The zero-order chi connectivity index (χ0) is 16.6. The topological polar surface area (TPSA) is 101 Å². The molecule has 0 aromatic carbocycles. The number of carboxylic acids is 1. The maximum Gasteiger partial charge on any atom is 0.411 e. The van der Waals surface area contributed by atoms with Gasteiger partial charge in [0.05, 0.1) is 5.25 Å². The van der Waals surface area contributed by atoms with Gasteiger partial charge in [-0.05, 0) is 40.0 Å². The number of carbonyl (C=O) groups is 2. The monoisotopic (exact) mass is 321 g/mol. The second-order valence-electron chi connectivity index (χ2n) is 6.48. The number of hydrogen-bond acceptors (Lipinski definition) is 5. The van der Waals surface area contributed by atoms with Gasteiger partial charge in [0.2, 0.25) is 0 Å². The summed E-state index contributed by atoms with van der Waals surface area (Å²) in [6.45, 7) is 4.98. The van der Waals surface area contributed by atoms with Crippen LogP contribution in [0.25, 0.3) is 0 Å². The van der Waals surface area contributed by atoms with Crippen molar-refractivity contribution in [2.24, 2.45) is 0 Å². The normalized spacial score (nSPS) is 26.4. The van der Waals surface area contributed by atoms with Gasteiger partial charge in [0.1, 0.15) is 5.60 Å². The molecule has 0 aliphatic heterocycles. The molecule has 2 unspecified atom stereocenters. The van der Waals surface area contributed by atoms with Crippen molar-refractivity contribution in [2.75, 3.05) is 13.3 Å². The van der Waals surface area contributed by atoms with Crippen LogP contribution >= 0.6 is 0 Å². The van der Waals surface area contributed by atoms with Crippen molar-refractivity contribution >= 4 is 21.9 Å². The van der Waals surface area contributed by atoms with E-state index in [9.17, 15) is 23.1 Å². The van der Waals surface area contributed by atoms with Crippen LogP contribution < -0.4 is 0 Å². The summed E-state index contributed by atoms with van der Waals surface area (Å²) in [5, 5.41) is 8.48. The molecule has 0 radical (unpaired) electrons. The fourth-order valence-corrected chi connectivity index (χ4v) is 4.47. The van der Waals surface area contributed by atoms with E-state index in [4.69, 9.17) is 4.74 Å². The molecular formula is C13H23NO6S. The first kappa shape index (κ1) is 17.7. The molecule has 1 saturated carbocycles. The average molecular weight is 321 g/mol. The van der Waals surface area contributed by atoms with Crippen LogP contribution in [-0.2, 0) is 19.4 Å². The van der Waals surface area contributed by atoms with Crippen LogP contribution in [0, 0.1) is 0 Å². The largest absolute Gasteiger partial charge is 0.479 e. The third-order valence-electron chi connectivity index (χ3n) is 3.71. The Morgan fingerprint density at radius 3 is 2.24 bits per heavy atom. The summed E-state index contributed by atoms with van der Waals surface area (Å²) in [6.07, 6.45) is 0.912. The highest BCUT2D eigenvalue weighted by Gasteiger charge is 2.58. The number of nitrogens with zero attached hydrogens (tertiary/aromatic N) is 1. The summed E-state index contributed by atoms with van der Waals surface area (Å²) in [5.41, 5.74) is -2.56. The Bertz CT molecular complexity index is 535. The van der Waals surface area contributed by atoms with Crippen molar-refractivity contribution in [1.82, 2.24) is 4.90 Å². The molecule has 1 fully saturated rings. The number of carboxylic acid groups (broad SMARTS) is 1. The average Bonchev–Trinajstić information content (AvgIpc) is 2.70. The molecule has 1 rings (SSSR count). The van der Waals surface area contributed by atoms with E-state index in [1.54, 1.807) is 20.8 Å². The third kappa shape index (κ3) is 3.48. The van der Waals surface area contributed by atoms with E-state index >= 15 is 0 Å². The Kier molecular flexibility index (Phi) is 4.62. The van der Waals surface area contributed by atoms with Crippen LogP contribution in [0.4, 0.5) is 4.79 Å². The fraction of sp³-hybridized carbons (Fsp3) is 0.846. The quantitative estimate of drug-likeness (QED) is 0.840. The highest BCUT2D eigenvalue weighted by molar-refractivity contribution is 7.91. The number of likely N-dealkylation sites (N-methyl/N-ethyl adjacent to an activating group) is 1. The molecule has 0 bridgehead atoms. The van der Waals surface area contributed by atoms with E-state index in [0.717, 1.165) is 11.2 Å². The number of aliphatic carboxylic acids is 1. The molecule has 2 atom stereocenters. The summed E-state index contributed by atoms with van der Waals surface area (Å²) in [4.78, 5) is 24.9. The van der Waals surface area contributed by atoms with Gasteiger partial charge in [0.25, 0.3) is 0 Å². The van der Waals surface area contributed by atoms with E-state index in [2.05, 4.69) is 0 Å². The first-order valence-electron chi connectivity index (χ1n) is 6.71. The lowest BCUT2D eigenvalue weighted by molar-refractivity contribution is -0.149. The number of amides is 1. The molecule has 1 aliphatic carbocycles. The van der Waals surface area contributed by atoms with E-state index in [-0.39, 0.29) is 12.8 Å². The number of ether oxygens (including phenoxy) is 1. The molecule has 122 valence electrons. The van der Waals surface area contributed by atoms with Gasteiger partial charge in [-0.1, -0.05) is 0 Å². The fourth-order valence-electron chi connectivity index (χ4n) is 2.79. The molecule has 1 N–H and O–H groups in total. The summed E-state index contributed by atoms with van der Waals surface area (Å²) < 4.78 is 29.0. The maximum absolute atomic E-state index is 12.2. The Labute approximate surface area is 125 Å². The van der Waals surface area contributed by atoms with Crippen molar-refractivity contribution in [2.45, 2.75) is 56.4 Å². The predicted molar refractivity (Wildman–Crippen MR) is 76.8 cm³/mol. The van der Waals surface area contributed by atoms with Crippen LogP contribution in [0.5, 0.6) is 0 Å². The van der Waals surface area contributed by atoms with Gasteiger partial charge < -0.3 is 9.84 Å². The van der Waals surface area contributed by atoms with E-state index < -0.39 is 38.3 Å². The molecule has 0 aromatic rings. The molecule has 0 aromatic heterocycles. The summed E-state index contributed by atoms with van der Waals surface area (Å²) in [7, 11) is -2.32. The van der Waals surface area contributed by atoms with Gasteiger partial charge >= 0.3 is 12.1 Å². The first-order valence-corrected chi connectivity index (χ1v) is 8.67. The standard InChI is InChI=1S/C13H23NO6S/c1-12(2,3)20-11(17)14(4)13(10(15)16)8-6-7-9(13)21(5,18)19/h9H,6-8H2,1-5H3,(H,15,16). The Morgan fingerprint density at radius 1 is 1.33 bits per heavy atom. The zero-order valence-corrected chi connectivity index (χ0v) is 13.9. The van der Waals surface area contributed by atoms with Crippen LogP contribution in [0.2, 0.25) is 0 Å². The minimum atomic E-state index is -3.61. The number of hydrogen-bond donors (Lipinski definition) is 1. The minimum Gasteiger partial charge on any atom is -0.479 e. The van der Waals surface area contributed by atoms with Crippen LogP contribution in [0.3, 0.4) is 0 Å².